The highest BCUT2D eigenvalue weighted by atomic mass is 127. The number of hydrogen-bond acceptors (Lipinski definition) is 0. The molecule has 0 spiro atoms. The van der Waals surface area contributed by atoms with Crippen LogP contribution < -0.4 is 0 Å². The summed E-state index contributed by atoms with van der Waals surface area (Å²) < 4.78 is 1.19. The first kappa shape index (κ1) is 22.7. The molecule has 118 valence electrons. The highest BCUT2D eigenvalue weighted by molar-refractivity contribution is 14.2. The van der Waals surface area contributed by atoms with Gasteiger partial charge >= 0.3 is 0 Å². The van der Waals surface area contributed by atoms with Crippen LogP contribution in [0.3, 0.4) is 0 Å². The van der Waals surface area contributed by atoms with Gasteiger partial charge in [0.2, 0.25) is 0 Å². The molecule has 0 N–H and O–H groups in total. The fraction of sp³-hybridized carbons (Fsp3) is 1.00. The molecule has 0 unspecified atom stereocenters. The molecule has 0 nitrogen and oxygen atoms in total. The van der Waals surface area contributed by atoms with Crippen molar-refractivity contribution in [3.63, 3.8) is 0 Å². The smallest absolute Gasteiger partial charge is 0.0516 e. The van der Waals surface area contributed by atoms with Gasteiger partial charge in [0.1, 0.15) is 0 Å². The van der Waals surface area contributed by atoms with Crippen LogP contribution in [0.1, 0.15) is 104 Å². The van der Waals surface area contributed by atoms with E-state index in [0.717, 1.165) is 0 Å². The number of hydrogen-bond donors (Lipinski definition) is 0. The monoisotopic (exact) mass is 494 g/mol. The summed E-state index contributed by atoms with van der Waals surface area (Å²) in [6.45, 7) is 4.58. The van der Waals surface area contributed by atoms with Crippen molar-refractivity contribution >= 4 is 45.2 Å². The van der Waals surface area contributed by atoms with E-state index in [9.17, 15) is 0 Å². The van der Waals surface area contributed by atoms with Crippen LogP contribution in [-0.2, 0) is 0 Å². The Kier molecular flexibility index (Phi) is 29.3. The van der Waals surface area contributed by atoms with Crippen molar-refractivity contribution in [3.8, 4) is 0 Å². The number of rotatable bonds is 13. The molecular weight excluding hydrogens is 458 g/mol. The Morgan fingerprint density at radius 3 is 0.737 bits per heavy atom. The second-order valence-electron chi connectivity index (χ2n) is 5.34. The minimum atomic E-state index is 1.19. The molecule has 0 bridgehead atoms. The predicted octanol–water partition coefficient (Wildman–Crippen LogP) is 8.30. The quantitative estimate of drug-likeness (QED) is 0.137. The standard InChI is InChI=1S/C16H34.CH2I2/c1-3-5-7-9-11-13-15-16-14-12-10-8-6-4-2;2-1-3/h3-16H2,1-2H3;1H2. The van der Waals surface area contributed by atoms with E-state index in [1.54, 1.807) is 0 Å². The van der Waals surface area contributed by atoms with Crippen molar-refractivity contribution in [2.24, 2.45) is 0 Å². The molecule has 0 rings (SSSR count). The van der Waals surface area contributed by atoms with Crippen molar-refractivity contribution < 1.29 is 0 Å². The SMILES string of the molecule is CCCCCCCCCCCCCCCC.ICI. The summed E-state index contributed by atoms with van der Waals surface area (Å²) in [6.07, 6.45) is 20.4. The van der Waals surface area contributed by atoms with Gasteiger partial charge in [-0.05, 0) is 0 Å². The van der Waals surface area contributed by atoms with Gasteiger partial charge in [-0.2, -0.15) is 0 Å². The van der Waals surface area contributed by atoms with Gasteiger partial charge in [0.15, 0.2) is 0 Å². The molecule has 0 aliphatic carbocycles. The summed E-state index contributed by atoms with van der Waals surface area (Å²) in [6, 6.07) is 0. The third kappa shape index (κ3) is 28.4. The minimum absolute atomic E-state index is 1.19. The van der Waals surface area contributed by atoms with Crippen LogP contribution in [0.2, 0.25) is 0 Å². The number of alkyl halides is 2. The third-order valence-electron chi connectivity index (χ3n) is 3.46. The molecular formula is C17H36I2. The van der Waals surface area contributed by atoms with Gasteiger partial charge in [0.05, 0.1) is 2.43 Å². The normalized spacial score (nSPS) is 10.1. The Morgan fingerprint density at radius 1 is 0.421 bits per heavy atom. The fourth-order valence-corrected chi connectivity index (χ4v) is 2.27. The molecule has 0 aromatic heterocycles. The Balaban J connectivity index is 0. The van der Waals surface area contributed by atoms with Gasteiger partial charge in [0, 0.05) is 0 Å². The molecule has 19 heavy (non-hydrogen) atoms. The molecule has 0 radical (unpaired) electrons. The molecule has 0 saturated heterocycles. The molecule has 0 fully saturated rings. The third-order valence-corrected chi connectivity index (χ3v) is 3.46. The fourth-order valence-electron chi connectivity index (χ4n) is 2.27. The average Bonchev–Trinajstić information content (AvgIpc) is 2.41. The first-order valence-electron chi connectivity index (χ1n) is 8.45. The number of halogens is 2. The van der Waals surface area contributed by atoms with Crippen LogP contribution in [0.25, 0.3) is 0 Å². The molecule has 0 aliphatic heterocycles. The van der Waals surface area contributed by atoms with Gasteiger partial charge in [-0.15, -0.1) is 0 Å². The topological polar surface area (TPSA) is 0 Å². The van der Waals surface area contributed by atoms with Crippen LogP contribution in [0, 0.1) is 0 Å². The van der Waals surface area contributed by atoms with E-state index in [0.29, 0.717) is 0 Å². The maximum atomic E-state index is 2.29. The molecule has 0 aromatic carbocycles. The van der Waals surface area contributed by atoms with Crippen molar-refractivity contribution in [1.82, 2.24) is 0 Å². The second-order valence-corrected chi connectivity index (χ2v) is 9.79. The summed E-state index contributed by atoms with van der Waals surface area (Å²) in [5.41, 5.74) is 0. The summed E-state index contributed by atoms with van der Waals surface area (Å²) in [7, 11) is 0. The van der Waals surface area contributed by atoms with E-state index >= 15 is 0 Å². The van der Waals surface area contributed by atoms with Crippen LogP contribution in [0.4, 0.5) is 0 Å². The Labute approximate surface area is 150 Å². The average molecular weight is 494 g/mol. The molecule has 2 heteroatoms. The lowest BCUT2D eigenvalue weighted by atomic mass is 10.0. The minimum Gasteiger partial charge on any atom is -0.0748 e. The first-order chi connectivity index (χ1) is 9.33. The van der Waals surface area contributed by atoms with Crippen molar-refractivity contribution in [1.29, 1.82) is 0 Å². The maximum absolute atomic E-state index is 2.29. The van der Waals surface area contributed by atoms with E-state index in [4.69, 9.17) is 0 Å². The second kappa shape index (κ2) is 24.5. The van der Waals surface area contributed by atoms with E-state index < -0.39 is 0 Å². The van der Waals surface area contributed by atoms with Crippen LogP contribution in [0.5, 0.6) is 0 Å². The van der Waals surface area contributed by atoms with Gasteiger partial charge in [-0.25, -0.2) is 0 Å². The van der Waals surface area contributed by atoms with Crippen LogP contribution >= 0.6 is 45.2 Å². The molecule has 0 saturated carbocycles. The highest BCUT2D eigenvalue weighted by Gasteiger charge is 1.92. The highest BCUT2D eigenvalue weighted by Crippen LogP contribution is 2.12. The van der Waals surface area contributed by atoms with Crippen LogP contribution in [-0.4, -0.2) is 2.43 Å². The lowest BCUT2D eigenvalue weighted by molar-refractivity contribution is 0.538. The van der Waals surface area contributed by atoms with Gasteiger partial charge in [0.25, 0.3) is 0 Å². The van der Waals surface area contributed by atoms with E-state index in [1.165, 1.54) is 92.3 Å². The predicted molar refractivity (Wildman–Crippen MR) is 109 cm³/mol. The molecule has 0 atom stereocenters. The van der Waals surface area contributed by atoms with Gasteiger partial charge in [-0.3, -0.25) is 0 Å². The van der Waals surface area contributed by atoms with Crippen LogP contribution in [0.15, 0.2) is 0 Å². The molecule has 0 aromatic rings. The summed E-state index contributed by atoms with van der Waals surface area (Å²) in [5.74, 6) is 0. The van der Waals surface area contributed by atoms with Crippen molar-refractivity contribution in [2.75, 3.05) is 2.43 Å². The Morgan fingerprint density at radius 2 is 0.579 bits per heavy atom. The molecule has 0 heterocycles. The maximum Gasteiger partial charge on any atom is 0.0516 e. The lowest BCUT2D eigenvalue weighted by Crippen LogP contribution is -1.82. The number of unbranched alkanes of at least 4 members (excludes halogenated alkanes) is 13. The van der Waals surface area contributed by atoms with Gasteiger partial charge in [-0.1, -0.05) is 149 Å². The zero-order valence-electron chi connectivity index (χ0n) is 13.4. The zero-order chi connectivity index (χ0) is 14.6. The lowest BCUT2D eigenvalue weighted by Gasteiger charge is -2.02. The molecule has 0 aliphatic rings. The summed E-state index contributed by atoms with van der Waals surface area (Å²) in [4.78, 5) is 0. The zero-order valence-corrected chi connectivity index (χ0v) is 17.7. The van der Waals surface area contributed by atoms with E-state index in [2.05, 4.69) is 59.0 Å². The van der Waals surface area contributed by atoms with Crippen molar-refractivity contribution in [2.45, 2.75) is 104 Å². The van der Waals surface area contributed by atoms with Gasteiger partial charge < -0.3 is 0 Å². The van der Waals surface area contributed by atoms with E-state index in [1.807, 2.05) is 0 Å². The summed E-state index contributed by atoms with van der Waals surface area (Å²) in [5, 5.41) is 0. The van der Waals surface area contributed by atoms with E-state index in [-0.39, 0.29) is 0 Å². The summed E-state index contributed by atoms with van der Waals surface area (Å²) >= 11 is 4.55. The van der Waals surface area contributed by atoms with Crippen molar-refractivity contribution in [3.05, 3.63) is 0 Å². The Hall–Kier alpha value is 1.46. The largest absolute Gasteiger partial charge is 0.0748 e. The molecule has 0 amide bonds. The first-order valence-corrected chi connectivity index (χ1v) is 11.5. The Bertz CT molecular complexity index is 112.